The summed E-state index contributed by atoms with van der Waals surface area (Å²) in [6.07, 6.45) is 1.99. The summed E-state index contributed by atoms with van der Waals surface area (Å²) in [4.78, 5) is 24.5. The third-order valence-corrected chi connectivity index (χ3v) is 6.22. The molecule has 34 heavy (non-hydrogen) atoms. The second-order valence-electron chi connectivity index (χ2n) is 8.09. The number of hydrogen-bond donors (Lipinski definition) is 1. The van der Waals surface area contributed by atoms with Crippen LogP contribution in [0.25, 0.3) is 5.69 Å². The van der Waals surface area contributed by atoms with Gasteiger partial charge in [0, 0.05) is 35.1 Å². The molecule has 0 atom stereocenters. The van der Waals surface area contributed by atoms with Gasteiger partial charge in [-0.3, -0.25) is 9.59 Å². The zero-order valence-corrected chi connectivity index (χ0v) is 20.4. The highest BCUT2D eigenvalue weighted by molar-refractivity contribution is 6.35. The topological polar surface area (TPSA) is 68.9 Å². The minimum absolute atomic E-state index is 0.0360. The van der Waals surface area contributed by atoms with E-state index in [4.69, 9.17) is 23.2 Å². The monoisotopic (exact) mass is 494 g/mol. The van der Waals surface area contributed by atoms with Crippen molar-refractivity contribution in [3.05, 3.63) is 115 Å². The molecule has 6 nitrogen and oxygen atoms in total. The molecule has 2 aromatic heterocycles. The molecule has 4 aromatic rings. The van der Waals surface area contributed by atoms with Gasteiger partial charge in [-0.25, -0.2) is 4.68 Å². The molecule has 0 aliphatic rings. The van der Waals surface area contributed by atoms with Crippen LogP contribution in [0.5, 0.6) is 0 Å². The average molecular weight is 495 g/mol. The van der Waals surface area contributed by atoms with Gasteiger partial charge in [-0.15, -0.1) is 0 Å². The predicted octanol–water partition coefficient (Wildman–Crippen LogP) is 4.86. The van der Waals surface area contributed by atoms with Crippen LogP contribution in [-0.2, 0) is 24.3 Å². The molecule has 0 radical (unpaired) electrons. The van der Waals surface area contributed by atoms with Gasteiger partial charge in [-0.2, -0.15) is 5.10 Å². The van der Waals surface area contributed by atoms with Crippen LogP contribution < -0.4 is 10.9 Å². The summed E-state index contributed by atoms with van der Waals surface area (Å²) in [5.74, 6) is -0.0899. The fraction of sp³-hybridized carbons (Fsp3) is 0.192. The van der Waals surface area contributed by atoms with Crippen molar-refractivity contribution in [1.82, 2.24) is 19.7 Å². The molecule has 2 aromatic carbocycles. The molecule has 0 unspecified atom stereocenters. The first kappa shape index (κ1) is 23.8. The van der Waals surface area contributed by atoms with E-state index in [1.165, 1.54) is 0 Å². The highest BCUT2D eigenvalue weighted by Crippen LogP contribution is 2.27. The molecule has 2 heterocycles. The first-order valence-electron chi connectivity index (χ1n) is 10.8. The lowest BCUT2D eigenvalue weighted by Crippen LogP contribution is -2.25. The van der Waals surface area contributed by atoms with E-state index in [1.807, 2.05) is 50.2 Å². The number of amides is 1. The van der Waals surface area contributed by atoms with Crippen molar-refractivity contribution in [2.45, 2.75) is 33.4 Å². The van der Waals surface area contributed by atoms with Gasteiger partial charge in [0.1, 0.15) is 0 Å². The molecule has 0 bridgehead atoms. The van der Waals surface area contributed by atoms with E-state index in [-0.39, 0.29) is 17.9 Å². The maximum atomic E-state index is 12.7. The van der Waals surface area contributed by atoms with Crippen LogP contribution >= 0.6 is 23.2 Å². The van der Waals surface area contributed by atoms with E-state index in [1.54, 1.807) is 39.7 Å². The highest BCUT2D eigenvalue weighted by atomic mass is 35.5. The molecule has 1 amide bonds. The third-order valence-electron chi connectivity index (χ3n) is 5.68. The second-order valence-corrected chi connectivity index (χ2v) is 8.94. The summed E-state index contributed by atoms with van der Waals surface area (Å²) < 4.78 is 3.40. The Kier molecular flexibility index (Phi) is 7.20. The zero-order chi connectivity index (χ0) is 24.2. The number of rotatable bonds is 7. The Morgan fingerprint density at radius 1 is 1.00 bits per heavy atom. The number of hydrogen-bond acceptors (Lipinski definition) is 3. The minimum atomic E-state index is -0.0899. The van der Waals surface area contributed by atoms with Crippen LogP contribution in [0.15, 0.2) is 71.7 Å². The van der Waals surface area contributed by atoms with Gasteiger partial charge in [-0.1, -0.05) is 53.5 Å². The molecule has 0 spiro atoms. The number of benzene rings is 2. The number of halogens is 2. The van der Waals surface area contributed by atoms with E-state index < -0.39 is 0 Å². The van der Waals surface area contributed by atoms with Gasteiger partial charge < -0.3 is 9.88 Å². The van der Waals surface area contributed by atoms with Crippen LogP contribution in [0.1, 0.15) is 28.1 Å². The molecule has 0 aliphatic carbocycles. The van der Waals surface area contributed by atoms with Gasteiger partial charge in [-0.05, 0) is 49.2 Å². The third kappa shape index (κ3) is 5.41. The molecule has 0 fully saturated rings. The van der Waals surface area contributed by atoms with Crippen molar-refractivity contribution in [2.75, 3.05) is 0 Å². The van der Waals surface area contributed by atoms with Gasteiger partial charge >= 0.3 is 0 Å². The summed E-state index contributed by atoms with van der Waals surface area (Å²) in [5, 5.41) is 8.60. The Labute approximate surface area is 207 Å². The van der Waals surface area contributed by atoms with E-state index in [9.17, 15) is 9.59 Å². The standard InChI is InChI=1S/C26H24Cl2N4O2/c1-17-22(18(2)32(30-17)24-11-10-21(27)13-23(24)28)14-25(33)29-15-19-6-8-20(9-7-19)16-31-12-4-3-5-26(31)34/h3-13H,14-16H2,1-2H3,(H,29,33). The first-order valence-corrected chi connectivity index (χ1v) is 11.6. The summed E-state index contributed by atoms with van der Waals surface area (Å²) >= 11 is 12.3. The van der Waals surface area contributed by atoms with Crippen molar-refractivity contribution in [3.8, 4) is 5.69 Å². The van der Waals surface area contributed by atoms with Crippen LogP contribution in [0.2, 0.25) is 10.0 Å². The number of nitrogens with one attached hydrogen (secondary N) is 1. The minimum Gasteiger partial charge on any atom is -0.352 e. The smallest absolute Gasteiger partial charge is 0.250 e. The number of nitrogens with zero attached hydrogens (tertiary/aromatic N) is 3. The molecule has 0 saturated carbocycles. The summed E-state index contributed by atoms with van der Waals surface area (Å²) in [6.45, 7) is 4.73. The van der Waals surface area contributed by atoms with Gasteiger partial charge in [0.2, 0.25) is 5.91 Å². The summed E-state index contributed by atoms with van der Waals surface area (Å²) in [6, 6.07) is 18.2. The lowest BCUT2D eigenvalue weighted by Gasteiger charge is -2.09. The quantitative estimate of drug-likeness (QED) is 0.398. The Morgan fingerprint density at radius 3 is 2.44 bits per heavy atom. The lowest BCUT2D eigenvalue weighted by molar-refractivity contribution is -0.120. The van der Waals surface area contributed by atoms with Crippen molar-refractivity contribution < 1.29 is 4.79 Å². The van der Waals surface area contributed by atoms with E-state index in [2.05, 4.69) is 10.4 Å². The molecule has 174 valence electrons. The fourth-order valence-electron chi connectivity index (χ4n) is 3.79. The maximum absolute atomic E-state index is 12.7. The van der Waals surface area contributed by atoms with E-state index in [0.29, 0.717) is 23.1 Å². The number of carbonyl (C=O) groups is 1. The number of carbonyl (C=O) groups excluding carboxylic acids is 1. The zero-order valence-electron chi connectivity index (χ0n) is 18.9. The first-order chi connectivity index (χ1) is 16.3. The lowest BCUT2D eigenvalue weighted by atomic mass is 10.1. The Hall–Kier alpha value is -3.35. The maximum Gasteiger partial charge on any atom is 0.250 e. The van der Waals surface area contributed by atoms with Crippen molar-refractivity contribution in [1.29, 1.82) is 0 Å². The molecule has 1 N–H and O–H groups in total. The van der Waals surface area contributed by atoms with Crippen molar-refractivity contribution >= 4 is 29.1 Å². The average Bonchev–Trinajstić information content (AvgIpc) is 3.08. The fourth-order valence-corrected chi connectivity index (χ4v) is 4.28. The number of aromatic nitrogens is 3. The predicted molar refractivity (Wildman–Crippen MR) is 135 cm³/mol. The van der Waals surface area contributed by atoms with Crippen LogP contribution in [0, 0.1) is 13.8 Å². The normalized spacial score (nSPS) is 10.9. The Bertz CT molecular complexity index is 1390. The van der Waals surface area contributed by atoms with Crippen molar-refractivity contribution in [3.63, 3.8) is 0 Å². The second kappa shape index (κ2) is 10.3. The molecule has 0 saturated heterocycles. The summed E-state index contributed by atoms with van der Waals surface area (Å²) in [5.41, 5.74) is 5.18. The van der Waals surface area contributed by atoms with Crippen LogP contribution in [0.4, 0.5) is 0 Å². The molecular formula is C26H24Cl2N4O2. The van der Waals surface area contributed by atoms with Crippen LogP contribution in [-0.4, -0.2) is 20.3 Å². The van der Waals surface area contributed by atoms with E-state index >= 15 is 0 Å². The molecule has 8 heteroatoms. The van der Waals surface area contributed by atoms with Gasteiger partial charge in [0.05, 0.1) is 29.4 Å². The molecule has 4 rings (SSSR count). The Balaban J connectivity index is 1.38. The van der Waals surface area contributed by atoms with Gasteiger partial charge in [0.25, 0.3) is 5.56 Å². The largest absolute Gasteiger partial charge is 0.352 e. The Morgan fingerprint density at radius 2 is 1.74 bits per heavy atom. The molecule has 0 aliphatic heterocycles. The highest BCUT2D eigenvalue weighted by Gasteiger charge is 2.17. The molecular weight excluding hydrogens is 471 g/mol. The van der Waals surface area contributed by atoms with Gasteiger partial charge in [0.15, 0.2) is 0 Å². The van der Waals surface area contributed by atoms with Crippen LogP contribution in [0.3, 0.4) is 0 Å². The number of pyridine rings is 1. The van der Waals surface area contributed by atoms with E-state index in [0.717, 1.165) is 33.8 Å². The van der Waals surface area contributed by atoms with Crippen molar-refractivity contribution in [2.24, 2.45) is 0 Å². The number of aryl methyl sites for hydroxylation is 1. The summed E-state index contributed by atoms with van der Waals surface area (Å²) in [7, 11) is 0. The SMILES string of the molecule is Cc1nn(-c2ccc(Cl)cc2Cl)c(C)c1CC(=O)NCc1ccc(Cn2ccccc2=O)cc1.